The molecule has 0 aliphatic carbocycles. The summed E-state index contributed by atoms with van der Waals surface area (Å²) in [6, 6.07) is -0.784. The van der Waals surface area contributed by atoms with Gasteiger partial charge in [-0.3, -0.25) is 4.79 Å². The van der Waals surface area contributed by atoms with Crippen LogP contribution in [-0.2, 0) is 19.0 Å². The fourth-order valence-corrected chi connectivity index (χ4v) is 2.55. The number of nitrogens with one attached hydrogen (secondary N) is 1. The smallest absolute Gasteiger partial charge is 0.408 e. The van der Waals surface area contributed by atoms with E-state index in [-0.39, 0.29) is 18.3 Å². The van der Waals surface area contributed by atoms with Crippen LogP contribution in [0.5, 0.6) is 0 Å². The third kappa shape index (κ3) is 3.21. The second-order valence-corrected chi connectivity index (χ2v) is 6.31. The second-order valence-electron chi connectivity index (χ2n) is 6.31. The zero-order valence-corrected chi connectivity index (χ0v) is 12.0. The van der Waals surface area contributed by atoms with Crippen molar-refractivity contribution in [3.05, 3.63) is 0 Å². The van der Waals surface area contributed by atoms with Crippen LogP contribution in [0.2, 0.25) is 0 Å². The summed E-state index contributed by atoms with van der Waals surface area (Å²) in [5.74, 6) is -0.512. The molecule has 2 aliphatic rings. The predicted molar refractivity (Wildman–Crippen MR) is 69.6 cm³/mol. The minimum atomic E-state index is -0.784. The van der Waals surface area contributed by atoms with Crippen LogP contribution < -0.4 is 11.1 Å². The molecule has 0 radical (unpaired) electrons. The number of carbonyl (C=O) groups excluding carboxylic acids is 2. The van der Waals surface area contributed by atoms with Gasteiger partial charge >= 0.3 is 6.09 Å². The molecule has 20 heavy (non-hydrogen) atoms. The third-order valence-corrected chi connectivity index (χ3v) is 3.66. The highest BCUT2D eigenvalue weighted by Gasteiger charge is 2.44. The number of carbonyl (C=O) groups is 2. The lowest BCUT2D eigenvalue weighted by atomic mass is 9.86. The van der Waals surface area contributed by atoms with Gasteiger partial charge in [-0.1, -0.05) is 20.8 Å². The van der Waals surface area contributed by atoms with Crippen LogP contribution >= 0.6 is 0 Å². The number of primary amides is 1. The number of ether oxygens (including phenoxy) is 3. The van der Waals surface area contributed by atoms with Crippen molar-refractivity contribution in [3.8, 4) is 0 Å². The van der Waals surface area contributed by atoms with Crippen LogP contribution in [0.25, 0.3) is 0 Å². The summed E-state index contributed by atoms with van der Waals surface area (Å²) < 4.78 is 16.1. The van der Waals surface area contributed by atoms with Crippen molar-refractivity contribution in [2.45, 2.75) is 45.6 Å². The zero-order chi connectivity index (χ0) is 14.9. The van der Waals surface area contributed by atoms with Gasteiger partial charge in [0.1, 0.15) is 12.1 Å². The Morgan fingerprint density at radius 1 is 1.35 bits per heavy atom. The molecule has 2 aliphatic heterocycles. The summed E-state index contributed by atoms with van der Waals surface area (Å²) in [5, 5.41) is 2.53. The Bertz CT molecular complexity index is 393. The molecule has 3 N–H and O–H groups in total. The molecule has 114 valence electrons. The van der Waals surface area contributed by atoms with Gasteiger partial charge in [0.05, 0.1) is 19.1 Å². The molecule has 4 atom stereocenters. The first kappa shape index (κ1) is 15.1. The van der Waals surface area contributed by atoms with Gasteiger partial charge in [-0.15, -0.1) is 0 Å². The average Bonchev–Trinajstić information content (AvgIpc) is 2.89. The number of alkyl carbamates (subject to hydrolysis) is 1. The Balaban J connectivity index is 1.90. The number of rotatable bonds is 3. The van der Waals surface area contributed by atoms with E-state index in [0.717, 1.165) is 6.42 Å². The van der Waals surface area contributed by atoms with Gasteiger partial charge in [0.25, 0.3) is 0 Å². The normalized spacial score (nSPS) is 30.6. The lowest BCUT2D eigenvalue weighted by molar-refractivity contribution is -0.122. The highest BCUT2D eigenvalue weighted by atomic mass is 16.7. The largest absolute Gasteiger partial charge is 0.443 e. The first-order valence-electron chi connectivity index (χ1n) is 6.78. The van der Waals surface area contributed by atoms with Crippen molar-refractivity contribution in [3.63, 3.8) is 0 Å². The molecule has 0 spiro atoms. The molecule has 4 unspecified atom stereocenters. The third-order valence-electron chi connectivity index (χ3n) is 3.66. The molecule has 0 aromatic heterocycles. The lowest BCUT2D eigenvalue weighted by Gasteiger charge is -2.29. The van der Waals surface area contributed by atoms with Gasteiger partial charge in [-0.2, -0.15) is 0 Å². The number of hydrogen-bond donors (Lipinski definition) is 2. The van der Waals surface area contributed by atoms with Crippen molar-refractivity contribution in [2.75, 3.05) is 13.2 Å². The summed E-state index contributed by atoms with van der Waals surface area (Å²) in [7, 11) is 0. The van der Waals surface area contributed by atoms with E-state index in [1.807, 2.05) is 20.8 Å². The molecule has 0 bridgehead atoms. The Morgan fingerprint density at radius 3 is 2.65 bits per heavy atom. The predicted octanol–water partition coefficient (Wildman–Crippen LogP) is 0.374. The van der Waals surface area contributed by atoms with Crippen LogP contribution in [0.15, 0.2) is 0 Å². The average molecular weight is 286 g/mol. The number of hydrogen-bond acceptors (Lipinski definition) is 5. The minimum absolute atomic E-state index is 0.0717. The molecule has 0 saturated carbocycles. The number of amides is 2. The van der Waals surface area contributed by atoms with Crippen LogP contribution in [0.4, 0.5) is 4.79 Å². The molecule has 2 rings (SSSR count). The van der Waals surface area contributed by atoms with Gasteiger partial charge < -0.3 is 25.3 Å². The molecule has 2 amide bonds. The number of nitrogens with two attached hydrogens (primary N) is 1. The van der Waals surface area contributed by atoms with Gasteiger partial charge in [-0.05, 0) is 11.8 Å². The van der Waals surface area contributed by atoms with Gasteiger partial charge in [0.2, 0.25) is 5.91 Å². The highest BCUT2D eigenvalue weighted by Crippen LogP contribution is 2.33. The molecule has 7 nitrogen and oxygen atoms in total. The zero-order valence-electron chi connectivity index (χ0n) is 12.0. The van der Waals surface area contributed by atoms with Crippen LogP contribution in [0, 0.1) is 11.3 Å². The molecule has 7 heteroatoms. The Morgan fingerprint density at radius 2 is 2.05 bits per heavy atom. The summed E-state index contributed by atoms with van der Waals surface area (Å²) in [4.78, 5) is 23.3. The number of fused-ring (bicyclic) bond motifs is 1. The van der Waals surface area contributed by atoms with Crippen LogP contribution in [-0.4, -0.2) is 43.7 Å². The Labute approximate surface area is 118 Å². The Hall–Kier alpha value is -1.34. The van der Waals surface area contributed by atoms with Crippen molar-refractivity contribution < 1.29 is 23.8 Å². The van der Waals surface area contributed by atoms with E-state index < -0.39 is 23.5 Å². The molecule has 2 heterocycles. The SMILES string of the molecule is CC(C)(C)C(NC(=O)OC1COC2OCCC12)C(N)=O. The van der Waals surface area contributed by atoms with Crippen LogP contribution in [0.1, 0.15) is 27.2 Å². The van der Waals surface area contributed by atoms with E-state index in [9.17, 15) is 9.59 Å². The van der Waals surface area contributed by atoms with Crippen molar-refractivity contribution in [1.82, 2.24) is 5.32 Å². The summed E-state index contributed by atoms with van der Waals surface area (Å²) in [5.41, 5.74) is 4.83. The maximum atomic E-state index is 11.9. The molecule has 2 saturated heterocycles. The summed E-state index contributed by atoms with van der Waals surface area (Å²) >= 11 is 0. The monoisotopic (exact) mass is 286 g/mol. The van der Waals surface area contributed by atoms with Crippen molar-refractivity contribution in [2.24, 2.45) is 17.1 Å². The molecule has 0 aromatic carbocycles. The van der Waals surface area contributed by atoms with Crippen LogP contribution in [0.3, 0.4) is 0 Å². The second kappa shape index (κ2) is 5.57. The quantitative estimate of drug-likeness (QED) is 0.781. The topological polar surface area (TPSA) is 99.9 Å². The van der Waals surface area contributed by atoms with E-state index >= 15 is 0 Å². The maximum Gasteiger partial charge on any atom is 0.408 e. The van der Waals surface area contributed by atoms with E-state index in [0.29, 0.717) is 13.2 Å². The fourth-order valence-electron chi connectivity index (χ4n) is 2.55. The van der Waals surface area contributed by atoms with E-state index in [2.05, 4.69) is 5.32 Å². The first-order valence-corrected chi connectivity index (χ1v) is 6.78. The van der Waals surface area contributed by atoms with Crippen molar-refractivity contribution >= 4 is 12.0 Å². The fraction of sp³-hybridized carbons (Fsp3) is 0.846. The molecule has 2 fully saturated rings. The summed E-state index contributed by atoms with van der Waals surface area (Å²) in [6.45, 7) is 6.40. The molecular weight excluding hydrogens is 264 g/mol. The van der Waals surface area contributed by atoms with E-state index in [1.54, 1.807) is 0 Å². The van der Waals surface area contributed by atoms with Gasteiger partial charge in [0, 0.05) is 0 Å². The standard InChI is InChI=1S/C13H22N2O5/c1-13(2,3)9(10(14)16)15-12(17)20-8-6-19-11-7(8)4-5-18-11/h7-9,11H,4-6H2,1-3H3,(H2,14,16)(H,15,17). The van der Waals surface area contributed by atoms with E-state index in [4.69, 9.17) is 19.9 Å². The maximum absolute atomic E-state index is 11.9. The van der Waals surface area contributed by atoms with Crippen molar-refractivity contribution in [1.29, 1.82) is 0 Å². The molecular formula is C13H22N2O5. The minimum Gasteiger partial charge on any atom is -0.443 e. The lowest BCUT2D eigenvalue weighted by Crippen LogP contribution is -2.52. The first-order chi connectivity index (χ1) is 9.29. The van der Waals surface area contributed by atoms with E-state index in [1.165, 1.54) is 0 Å². The molecule has 0 aromatic rings. The highest BCUT2D eigenvalue weighted by molar-refractivity contribution is 5.85. The van der Waals surface area contributed by atoms with Gasteiger partial charge in [-0.25, -0.2) is 4.79 Å². The summed E-state index contributed by atoms with van der Waals surface area (Å²) in [6.07, 6.45) is -0.454. The Kier molecular flexibility index (Phi) is 4.19. The van der Waals surface area contributed by atoms with Gasteiger partial charge in [0.15, 0.2) is 6.29 Å².